The molecule has 0 aliphatic heterocycles. The van der Waals surface area contributed by atoms with Gasteiger partial charge >= 0.3 is 5.97 Å². The van der Waals surface area contributed by atoms with Crippen LogP contribution in [0.3, 0.4) is 0 Å². The lowest BCUT2D eigenvalue weighted by atomic mass is 10.0. The summed E-state index contributed by atoms with van der Waals surface area (Å²) in [4.78, 5) is 11.6. The fourth-order valence-corrected chi connectivity index (χ4v) is 3.27. The number of carbonyl (C=O) groups excluding carboxylic acids is 1. The van der Waals surface area contributed by atoms with Gasteiger partial charge in [-0.25, -0.2) is 4.79 Å². The van der Waals surface area contributed by atoms with Gasteiger partial charge in [-0.3, -0.25) is 0 Å². The molecule has 3 heteroatoms. The highest BCUT2D eigenvalue weighted by Gasteiger charge is 2.15. The summed E-state index contributed by atoms with van der Waals surface area (Å²) >= 11 is 0. The molecule has 0 heterocycles. The highest BCUT2D eigenvalue weighted by Crippen LogP contribution is 2.14. The summed E-state index contributed by atoms with van der Waals surface area (Å²) in [5.41, 5.74) is 0. The molecule has 0 saturated heterocycles. The third-order valence-corrected chi connectivity index (χ3v) is 5.10. The Morgan fingerprint density at radius 2 is 1.04 bits per heavy atom. The smallest absolute Gasteiger partial charge is 0.334 e. The van der Waals surface area contributed by atoms with Crippen LogP contribution in [0.25, 0.3) is 0 Å². The van der Waals surface area contributed by atoms with E-state index >= 15 is 0 Å². The van der Waals surface area contributed by atoms with Crippen molar-refractivity contribution < 1.29 is 14.6 Å². The lowest BCUT2D eigenvalue weighted by molar-refractivity contribution is -0.154. The number of hydrogen-bond acceptors (Lipinski definition) is 3. The number of ether oxygens (including phenoxy) is 1. The zero-order valence-electron chi connectivity index (χ0n) is 17.8. The van der Waals surface area contributed by atoms with E-state index < -0.39 is 12.1 Å². The van der Waals surface area contributed by atoms with Gasteiger partial charge in [0.05, 0.1) is 6.61 Å². The molecule has 0 aliphatic carbocycles. The predicted molar refractivity (Wildman–Crippen MR) is 111 cm³/mol. The van der Waals surface area contributed by atoms with Crippen LogP contribution in [0.2, 0.25) is 0 Å². The number of aliphatic hydroxyl groups excluding tert-OH is 1. The van der Waals surface area contributed by atoms with E-state index in [1.165, 1.54) is 77.0 Å². The maximum atomic E-state index is 11.6. The Bertz CT molecular complexity index is 291. The summed E-state index contributed by atoms with van der Waals surface area (Å²) < 4.78 is 5.09. The summed E-state index contributed by atoms with van der Waals surface area (Å²) in [6.45, 7) is 4.83. The van der Waals surface area contributed by atoms with Crippen LogP contribution in [-0.4, -0.2) is 23.8 Å². The molecule has 156 valence electrons. The van der Waals surface area contributed by atoms with Crippen LogP contribution in [-0.2, 0) is 9.53 Å². The minimum atomic E-state index is -0.922. The van der Waals surface area contributed by atoms with Gasteiger partial charge in [-0.2, -0.15) is 0 Å². The molecule has 0 radical (unpaired) electrons. The van der Waals surface area contributed by atoms with E-state index in [0.29, 0.717) is 13.0 Å². The second-order valence-electron chi connectivity index (χ2n) is 7.78. The lowest BCUT2D eigenvalue weighted by Crippen LogP contribution is -2.23. The van der Waals surface area contributed by atoms with Crippen LogP contribution in [0.4, 0.5) is 0 Å². The Balaban J connectivity index is 3.23. The zero-order valence-corrected chi connectivity index (χ0v) is 17.8. The molecule has 0 aromatic rings. The average Bonchev–Trinajstić information content (AvgIpc) is 2.65. The van der Waals surface area contributed by atoms with Gasteiger partial charge in [0, 0.05) is 0 Å². The topological polar surface area (TPSA) is 46.5 Å². The van der Waals surface area contributed by atoms with Gasteiger partial charge in [-0.1, -0.05) is 117 Å². The minimum absolute atomic E-state index is 0.434. The van der Waals surface area contributed by atoms with Gasteiger partial charge in [0.2, 0.25) is 0 Å². The molecule has 0 aromatic heterocycles. The van der Waals surface area contributed by atoms with Crippen LogP contribution in [0.5, 0.6) is 0 Å². The van der Waals surface area contributed by atoms with Crippen LogP contribution in [0.1, 0.15) is 129 Å². The molecular formula is C23H46O3. The quantitative estimate of drug-likeness (QED) is 0.186. The molecule has 3 nitrogen and oxygen atoms in total. The van der Waals surface area contributed by atoms with Crippen molar-refractivity contribution in [3.05, 3.63) is 0 Å². The first-order chi connectivity index (χ1) is 12.7. The highest BCUT2D eigenvalue weighted by molar-refractivity contribution is 5.74. The Labute approximate surface area is 163 Å². The molecular weight excluding hydrogens is 324 g/mol. The van der Waals surface area contributed by atoms with E-state index in [1.54, 1.807) is 0 Å². The highest BCUT2D eigenvalue weighted by atomic mass is 16.5. The number of carbonyl (C=O) groups is 1. The van der Waals surface area contributed by atoms with Gasteiger partial charge in [0.1, 0.15) is 0 Å². The Kier molecular flexibility index (Phi) is 20.3. The summed E-state index contributed by atoms with van der Waals surface area (Å²) in [5, 5.41) is 9.79. The number of esters is 1. The van der Waals surface area contributed by atoms with E-state index in [1.807, 2.05) is 0 Å². The first-order valence-electron chi connectivity index (χ1n) is 11.6. The summed E-state index contributed by atoms with van der Waals surface area (Å²) in [6, 6.07) is 0. The molecule has 0 fully saturated rings. The normalized spacial score (nSPS) is 12.3. The first-order valence-corrected chi connectivity index (χ1v) is 11.6. The summed E-state index contributed by atoms with van der Waals surface area (Å²) in [5.74, 6) is -0.434. The molecule has 1 N–H and O–H groups in total. The van der Waals surface area contributed by atoms with Gasteiger partial charge in [0.25, 0.3) is 0 Å². The summed E-state index contributed by atoms with van der Waals surface area (Å²) in [6.07, 6.45) is 21.1. The maximum absolute atomic E-state index is 11.6. The van der Waals surface area contributed by atoms with Crippen molar-refractivity contribution in [3.63, 3.8) is 0 Å². The van der Waals surface area contributed by atoms with Gasteiger partial charge < -0.3 is 9.84 Å². The molecule has 0 bridgehead atoms. The van der Waals surface area contributed by atoms with E-state index in [0.717, 1.165) is 32.1 Å². The van der Waals surface area contributed by atoms with Crippen LogP contribution in [0, 0.1) is 0 Å². The molecule has 0 saturated carbocycles. The molecule has 0 aromatic carbocycles. The number of hydrogen-bond donors (Lipinski definition) is 1. The molecule has 0 spiro atoms. The first kappa shape index (κ1) is 25.4. The van der Waals surface area contributed by atoms with E-state index in [-0.39, 0.29) is 0 Å². The largest absolute Gasteiger partial charge is 0.464 e. The van der Waals surface area contributed by atoms with Crippen molar-refractivity contribution in [2.24, 2.45) is 0 Å². The average molecular weight is 371 g/mol. The second kappa shape index (κ2) is 20.7. The number of aliphatic hydroxyl groups is 1. The Morgan fingerprint density at radius 3 is 1.50 bits per heavy atom. The Morgan fingerprint density at radius 1 is 0.654 bits per heavy atom. The molecule has 26 heavy (non-hydrogen) atoms. The van der Waals surface area contributed by atoms with E-state index in [2.05, 4.69) is 13.8 Å². The standard InChI is InChI=1S/C23H46O3/c1-3-5-7-8-9-10-11-12-13-14-15-16-17-18-20-22(24)23(25)26-21-19-6-4-2/h22,24H,3-21H2,1-2H3. The van der Waals surface area contributed by atoms with Crippen molar-refractivity contribution in [1.82, 2.24) is 0 Å². The zero-order chi connectivity index (χ0) is 19.3. The summed E-state index contributed by atoms with van der Waals surface area (Å²) in [7, 11) is 0. The van der Waals surface area contributed by atoms with Crippen LogP contribution < -0.4 is 0 Å². The minimum Gasteiger partial charge on any atom is -0.464 e. The van der Waals surface area contributed by atoms with Crippen molar-refractivity contribution in [1.29, 1.82) is 0 Å². The van der Waals surface area contributed by atoms with E-state index in [9.17, 15) is 9.90 Å². The SMILES string of the molecule is CCCCCCCCCCCCCCCCC(O)C(=O)OCCCCC. The van der Waals surface area contributed by atoms with Crippen molar-refractivity contribution in [2.45, 2.75) is 136 Å². The maximum Gasteiger partial charge on any atom is 0.334 e. The van der Waals surface area contributed by atoms with Crippen LogP contribution in [0.15, 0.2) is 0 Å². The molecule has 0 aliphatic rings. The predicted octanol–water partition coefficient (Wildman–Crippen LogP) is 6.95. The fraction of sp³-hybridized carbons (Fsp3) is 0.957. The fourth-order valence-electron chi connectivity index (χ4n) is 3.27. The Hall–Kier alpha value is -0.570. The second-order valence-corrected chi connectivity index (χ2v) is 7.78. The molecule has 1 atom stereocenters. The lowest BCUT2D eigenvalue weighted by Gasteiger charge is -2.10. The van der Waals surface area contributed by atoms with Gasteiger partial charge in [-0.05, 0) is 12.8 Å². The number of rotatable bonds is 20. The molecule has 0 rings (SSSR count). The third kappa shape index (κ3) is 18.2. The van der Waals surface area contributed by atoms with Crippen molar-refractivity contribution >= 4 is 5.97 Å². The van der Waals surface area contributed by atoms with Gasteiger partial charge in [0.15, 0.2) is 6.10 Å². The molecule has 0 amide bonds. The van der Waals surface area contributed by atoms with E-state index in [4.69, 9.17) is 4.74 Å². The molecule has 1 unspecified atom stereocenters. The van der Waals surface area contributed by atoms with Crippen molar-refractivity contribution in [2.75, 3.05) is 6.61 Å². The third-order valence-electron chi connectivity index (χ3n) is 5.10. The van der Waals surface area contributed by atoms with Crippen molar-refractivity contribution in [3.8, 4) is 0 Å². The van der Waals surface area contributed by atoms with Gasteiger partial charge in [-0.15, -0.1) is 0 Å². The van der Waals surface area contributed by atoms with Crippen LogP contribution >= 0.6 is 0 Å². The number of unbranched alkanes of at least 4 members (excludes halogenated alkanes) is 15. The monoisotopic (exact) mass is 370 g/mol.